The second-order valence-corrected chi connectivity index (χ2v) is 6.31. The van der Waals surface area contributed by atoms with Crippen molar-refractivity contribution in [2.45, 2.75) is 32.2 Å². The van der Waals surface area contributed by atoms with Gasteiger partial charge in [0.25, 0.3) is 5.91 Å². The Bertz CT molecular complexity index is 848. The van der Waals surface area contributed by atoms with Crippen LogP contribution in [0.4, 0.5) is 0 Å². The molecule has 3 rings (SSSR count). The maximum absolute atomic E-state index is 12.3. The second kappa shape index (κ2) is 8.12. The van der Waals surface area contributed by atoms with Crippen molar-refractivity contribution in [2.75, 3.05) is 13.2 Å². The standard InChI is InChI=1S/C21H23NO5/c1-3-26-17-10-9-13(11-18(17)27-4-2)16(12-19(23)24)20-14-7-5-6-8-15(14)21(25)22-20/h5-11,16,20H,3-4,12H2,1-2H3,(H,22,25)(H,23,24). The monoisotopic (exact) mass is 369 g/mol. The summed E-state index contributed by atoms with van der Waals surface area (Å²) >= 11 is 0. The van der Waals surface area contributed by atoms with Gasteiger partial charge in [-0.3, -0.25) is 9.59 Å². The fourth-order valence-corrected chi connectivity index (χ4v) is 3.50. The van der Waals surface area contributed by atoms with Crippen LogP contribution in [0.25, 0.3) is 0 Å². The van der Waals surface area contributed by atoms with E-state index >= 15 is 0 Å². The number of hydrogen-bond acceptors (Lipinski definition) is 4. The molecule has 0 radical (unpaired) electrons. The third-order valence-electron chi connectivity index (χ3n) is 4.62. The normalized spacial score (nSPS) is 16.4. The number of nitrogens with one attached hydrogen (secondary N) is 1. The molecule has 0 bridgehead atoms. The molecular weight excluding hydrogens is 346 g/mol. The zero-order valence-corrected chi connectivity index (χ0v) is 15.4. The van der Waals surface area contributed by atoms with Gasteiger partial charge in [-0.2, -0.15) is 0 Å². The molecule has 0 aromatic heterocycles. The first-order valence-corrected chi connectivity index (χ1v) is 9.06. The van der Waals surface area contributed by atoms with E-state index in [0.717, 1.165) is 11.1 Å². The summed E-state index contributed by atoms with van der Waals surface area (Å²) in [4.78, 5) is 23.8. The van der Waals surface area contributed by atoms with E-state index in [4.69, 9.17) is 9.47 Å². The van der Waals surface area contributed by atoms with Crippen LogP contribution in [0, 0.1) is 0 Å². The van der Waals surface area contributed by atoms with Crippen molar-refractivity contribution < 1.29 is 24.2 Å². The first-order valence-electron chi connectivity index (χ1n) is 9.06. The number of carboxylic acids is 1. The minimum Gasteiger partial charge on any atom is -0.490 e. The molecule has 0 spiro atoms. The van der Waals surface area contributed by atoms with Crippen molar-refractivity contribution in [1.82, 2.24) is 5.32 Å². The van der Waals surface area contributed by atoms with Gasteiger partial charge < -0.3 is 19.9 Å². The zero-order valence-electron chi connectivity index (χ0n) is 15.4. The number of rotatable bonds is 8. The molecule has 27 heavy (non-hydrogen) atoms. The molecule has 1 heterocycles. The van der Waals surface area contributed by atoms with Gasteiger partial charge >= 0.3 is 5.97 Å². The lowest BCUT2D eigenvalue weighted by Gasteiger charge is -2.24. The zero-order chi connectivity index (χ0) is 19.4. The Morgan fingerprint density at radius 1 is 1.11 bits per heavy atom. The Morgan fingerprint density at radius 2 is 1.81 bits per heavy atom. The highest BCUT2D eigenvalue weighted by atomic mass is 16.5. The van der Waals surface area contributed by atoms with Gasteiger partial charge in [-0.05, 0) is 43.2 Å². The van der Waals surface area contributed by atoms with Gasteiger partial charge in [0.05, 0.1) is 25.7 Å². The van der Waals surface area contributed by atoms with Crippen molar-refractivity contribution in [3.8, 4) is 11.5 Å². The van der Waals surface area contributed by atoms with E-state index in [1.807, 2.05) is 38.1 Å². The first-order chi connectivity index (χ1) is 13.0. The van der Waals surface area contributed by atoms with Crippen LogP contribution in [-0.2, 0) is 4.79 Å². The lowest BCUT2D eigenvalue weighted by Crippen LogP contribution is -2.26. The topological polar surface area (TPSA) is 84.9 Å². The average Bonchev–Trinajstić information content (AvgIpc) is 2.98. The van der Waals surface area contributed by atoms with Crippen LogP contribution in [-0.4, -0.2) is 30.2 Å². The summed E-state index contributed by atoms with van der Waals surface area (Å²) in [5.41, 5.74) is 2.20. The van der Waals surface area contributed by atoms with Gasteiger partial charge in [-0.15, -0.1) is 0 Å². The number of aliphatic carboxylic acids is 1. The number of benzene rings is 2. The Hall–Kier alpha value is -3.02. The van der Waals surface area contributed by atoms with E-state index in [-0.39, 0.29) is 12.3 Å². The summed E-state index contributed by atoms with van der Waals surface area (Å²) in [5, 5.41) is 12.4. The molecule has 2 atom stereocenters. The van der Waals surface area contributed by atoms with Gasteiger partial charge in [0, 0.05) is 11.5 Å². The SMILES string of the molecule is CCOc1ccc(C(CC(=O)O)C2NC(=O)c3ccccc32)cc1OCC. The summed E-state index contributed by atoms with van der Waals surface area (Å²) in [6.45, 7) is 4.74. The molecule has 0 aliphatic carbocycles. The number of carbonyl (C=O) groups is 2. The first kappa shape index (κ1) is 18.8. The van der Waals surface area contributed by atoms with Crippen molar-refractivity contribution in [3.05, 3.63) is 59.2 Å². The van der Waals surface area contributed by atoms with Crippen LogP contribution in [0.1, 0.15) is 53.7 Å². The molecule has 1 amide bonds. The van der Waals surface area contributed by atoms with E-state index in [2.05, 4.69) is 5.32 Å². The number of amides is 1. The van der Waals surface area contributed by atoms with Gasteiger partial charge in [0.1, 0.15) is 0 Å². The lowest BCUT2D eigenvalue weighted by atomic mass is 9.85. The predicted molar refractivity (Wildman–Crippen MR) is 100 cm³/mol. The average molecular weight is 369 g/mol. The number of fused-ring (bicyclic) bond motifs is 1. The second-order valence-electron chi connectivity index (χ2n) is 6.31. The number of carbonyl (C=O) groups excluding carboxylic acids is 1. The summed E-state index contributed by atoms with van der Waals surface area (Å²) in [5.74, 6) is -0.338. The van der Waals surface area contributed by atoms with Crippen LogP contribution in [0.15, 0.2) is 42.5 Å². The summed E-state index contributed by atoms with van der Waals surface area (Å²) in [6.07, 6.45) is -0.112. The maximum atomic E-state index is 12.3. The molecule has 2 aromatic carbocycles. The number of carboxylic acid groups (broad SMARTS) is 1. The molecule has 142 valence electrons. The number of ether oxygens (including phenoxy) is 2. The van der Waals surface area contributed by atoms with Gasteiger partial charge in [0.15, 0.2) is 11.5 Å². The van der Waals surface area contributed by atoms with E-state index in [9.17, 15) is 14.7 Å². The summed E-state index contributed by atoms with van der Waals surface area (Å²) in [7, 11) is 0. The Balaban J connectivity index is 2.02. The largest absolute Gasteiger partial charge is 0.490 e. The Morgan fingerprint density at radius 3 is 2.52 bits per heavy atom. The fraction of sp³-hybridized carbons (Fsp3) is 0.333. The van der Waals surface area contributed by atoms with Crippen LogP contribution >= 0.6 is 0 Å². The molecule has 2 aromatic rings. The van der Waals surface area contributed by atoms with E-state index < -0.39 is 17.9 Å². The van der Waals surface area contributed by atoms with Gasteiger partial charge in [-0.25, -0.2) is 0 Å². The van der Waals surface area contributed by atoms with E-state index in [0.29, 0.717) is 30.3 Å². The van der Waals surface area contributed by atoms with Crippen LogP contribution < -0.4 is 14.8 Å². The predicted octanol–water partition coefficient (Wildman–Crippen LogP) is 3.53. The van der Waals surface area contributed by atoms with E-state index in [1.54, 1.807) is 18.2 Å². The molecule has 0 fully saturated rings. The van der Waals surface area contributed by atoms with Gasteiger partial charge in [-0.1, -0.05) is 24.3 Å². The smallest absolute Gasteiger partial charge is 0.304 e. The fourth-order valence-electron chi connectivity index (χ4n) is 3.50. The quantitative estimate of drug-likeness (QED) is 0.744. The highest BCUT2D eigenvalue weighted by molar-refractivity contribution is 5.99. The number of hydrogen-bond donors (Lipinski definition) is 2. The molecule has 1 aliphatic heterocycles. The summed E-state index contributed by atoms with van der Waals surface area (Å²) in [6, 6.07) is 12.3. The highest BCUT2D eigenvalue weighted by Crippen LogP contribution is 2.41. The molecular formula is C21H23NO5. The minimum absolute atomic E-state index is 0.112. The Kier molecular flexibility index (Phi) is 5.64. The van der Waals surface area contributed by atoms with Crippen molar-refractivity contribution >= 4 is 11.9 Å². The highest BCUT2D eigenvalue weighted by Gasteiger charge is 2.36. The molecule has 2 unspecified atom stereocenters. The third kappa shape index (κ3) is 3.89. The molecule has 6 heteroatoms. The van der Waals surface area contributed by atoms with Crippen LogP contribution in [0.3, 0.4) is 0 Å². The molecule has 0 saturated heterocycles. The van der Waals surface area contributed by atoms with Crippen molar-refractivity contribution in [1.29, 1.82) is 0 Å². The summed E-state index contributed by atoms with van der Waals surface area (Å²) < 4.78 is 11.3. The minimum atomic E-state index is -0.925. The Labute approximate surface area is 158 Å². The molecule has 0 saturated carbocycles. The van der Waals surface area contributed by atoms with Gasteiger partial charge in [0.2, 0.25) is 0 Å². The third-order valence-corrected chi connectivity index (χ3v) is 4.62. The lowest BCUT2D eigenvalue weighted by molar-refractivity contribution is -0.137. The molecule has 6 nitrogen and oxygen atoms in total. The molecule has 2 N–H and O–H groups in total. The van der Waals surface area contributed by atoms with E-state index in [1.165, 1.54) is 0 Å². The van der Waals surface area contributed by atoms with Crippen molar-refractivity contribution in [2.24, 2.45) is 0 Å². The van der Waals surface area contributed by atoms with Crippen molar-refractivity contribution in [3.63, 3.8) is 0 Å². The maximum Gasteiger partial charge on any atom is 0.304 e. The van der Waals surface area contributed by atoms with Crippen LogP contribution in [0.2, 0.25) is 0 Å². The van der Waals surface area contributed by atoms with Crippen LogP contribution in [0.5, 0.6) is 11.5 Å². The molecule has 1 aliphatic rings.